The maximum Gasteiger partial charge on any atom is 0.358 e. The fourth-order valence-corrected chi connectivity index (χ4v) is 4.75. The molecule has 0 saturated carbocycles. The van der Waals surface area contributed by atoms with Crippen LogP contribution in [0.25, 0.3) is 0 Å². The molecule has 0 saturated heterocycles. The number of halogens is 3. The first kappa shape index (κ1) is 27.5. The number of aryl methyl sites for hydroxylation is 1. The van der Waals surface area contributed by atoms with Crippen LogP contribution < -0.4 is 5.32 Å². The molecule has 1 heterocycles. The zero-order valence-electron chi connectivity index (χ0n) is 20.4. The Morgan fingerprint density at radius 2 is 1.77 bits per heavy atom. The second-order valence-electron chi connectivity index (χ2n) is 8.52. The molecule has 1 aromatic heterocycles. The van der Waals surface area contributed by atoms with Crippen molar-refractivity contribution in [3.05, 3.63) is 79.8 Å². The lowest BCUT2D eigenvalue weighted by Crippen LogP contribution is -2.24. The van der Waals surface area contributed by atoms with Crippen molar-refractivity contribution in [1.29, 1.82) is 0 Å². The molecule has 2 unspecified atom stereocenters. The molecule has 2 atom stereocenters. The highest BCUT2D eigenvalue weighted by Crippen LogP contribution is 2.36. The highest BCUT2D eigenvalue weighted by molar-refractivity contribution is 9.10. The van der Waals surface area contributed by atoms with E-state index in [2.05, 4.69) is 26.2 Å². The molecular weight excluding hydrogens is 553 g/mol. The van der Waals surface area contributed by atoms with Crippen molar-refractivity contribution in [2.45, 2.75) is 52.8 Å². The quantitative estimate of drug-likeness (QED) is 0.249. The molecule has 0 aliphatic heterocycles. The van der Waals surface area contributed by atoms with Crippen LogP contribution in [-0.4, -0.2) is 34.8 Å². The second kappa shape index (κ2) is 12.3. The topological polar surface area (TPSA) is 65.4 Å². The Labute approximate surface area is 225 Å². The summed E-state index contributed by atoms with van der Waals surface area (Å²) in [7, 11) is 0. The van der Waals surface area contributed by atoms with Gasteiger partial charge in [-0.2, -0.15) is 0 Å². The molecule has 188 valence electrons. The number of carbonyl (C=O) groups excluding carboxylic acids is 1. The average molecular weight is 583 g/mol. The lowest BCUT2D eigenvalue weighted by Gasteiger charge is -2.27. The maximum absolute atomic E-state index is 13.1. The van der Waals surface area contributed by atoms with Gasteiger partial charge in [-0.05, 0) is 85.9 Å². The number of anilines is 1. The Kier molecular flexibility index (Phi) is 9.64. The fourth-order valence-electron chi connectivity index (χ4n) is 3.74. The van der Waals surface area contributed by atoms with E-state index in [1.165, 1.54) is 0 Å². The lowest BCUT2D eigenvalue weighted by molar-refractivity contribution is 0.0512. The van der Waals surface area contributed by atoms with Gasteiger partial charge in [0.25, 0.3) is 0 Å². The van der Waals surface area contributed by atoms with Crippen LogP contribution >= 0.6 is 39.1 Å². The van der Waals surface area contributed by atoms with E-state index >= 15 is 0 Å². The number of imidazole rings is 1. The van der Waals surface area contributed by atoms with E-state index < -0.39 is 12.0 Å². The van der Waals surface area contributed by atoms with Gasteiger partial charge < -0.3 is 19.4 Å². The molecule has 0 aliphatic rings. The summed E-state index contributed by atoms with van der Waals surface area (Å²) in [6, 6.07) is 12.6. The van der Waals surface area contributed by atoms with E-state index in [9.17, 15) is 4.79 Å². The number of nitrogens with one attached hydrogen (secondary N) is 1. The summed E-state index contributed by atoms with van der Waals surface area (Å²) in [6.45, 7) is 10.4. The Morgan fingerprint density at radius 3 is 2.40 bits per heavy atom. The predicted octanol–water partition coefficient (Wildman–Crippen LogP) is 7.63. The van der Waals surface area contributed by atoms with Crippen LogP contribution in [0.4, 0.5) is 5.69 Å². The summed E-state index contributed by atoms with van der Waals surface area (Å²) in [5.41, 5.74) is 3.61. The number of benzene rings is 2. The van der Waals surface area contributed by atoms with Crippen LogP contribution in [0.15, 0.2) is 47.2 Å². The average Bonchev–Trinajstić information content (AvgIpc) is 3.15. The van der Waals surface area contributed by atoms with Crippen molar-refractivity contribution in [3.63, 3.8) is 0 Å². The van der Waals surface area contributed by atoms with Gasteiger partial charge in [0.2, 0.25) is 0 Å². The number of ether oxygens (including phenoxy) is 2. The van der Waals surface area contributed by atoms with Gasteiger partial charge in [-0.3, -0.25) is 0 Å². The minimum absolute atomic E-state index is 0.0621. The van der Waals surface area contributed by atoms with Crippen LogP contribution in [0.2, 0.25) is 10.0 Å². The molecule has 35 heavy (non-hydrogen) atoms. The third-order valence-electron chi connectivity index (χ3n) is 5.46. The van der Waals surface area contributed by atoms with Gasteiger partial charge in [0.05, 0.1) is 37.1 Å². The summed E-state index contributed by atoms with van der Waals surface area (Å²) in [5.74, 6) is -0.498. The number of aromatic nitrogens is 2. The molecule has 3 rings (SSSR count). The molecule has 6 nitrogen and oxygen atoms in total. The Morgan fingerprint density at radius 1 is 1.11 bits per heavy atom. The maximum atomic E-state index is 13.1. The molecule has 0 radical (unpaired) electrons. The zero-order valence-corrected chi connectivity index (χ0v) is 23.5. The summed E-state index contributed by atoms with van der Waals surface area (Å²) < 4.78 is 13.8. The van der Waals surface area contributed by atoms with Crippen molar-refractivity contribution in [1.82, 2.24) is 9.55 Å². The van der Waals surface area contributed by atoms with Crippen LogP contribution in [0, 0.1) is 6.92 Å². The lowest BCUT2D eigenvalue weighted by atomic mass is 10.00. The smallest absolute Gasteiger partial charge is 0.358 e. The first-order valence-electron chi connectivity index (χ1n) is 11.5. The number of nitrogens with zero attached hydrogens (tertiary/aromatic N) is 2. The third kappa shape index (κ3) is 6.79. The van der Waals surface area contributed by atoms with Crippen molar-refractivity contribution in [2.24, 2.45) is 0 Å². The number of hydrogen-bond acceptors (Lipinski definition) is 5. The number of carbonyl (C=O) groups is 1. The molecule has 0 aliphatic carbocycles. The van der Waals surface area contributed by atoms with Gasteiger partial charge in [-0.15, -0.1) is 0 Å². The molecule has 1 N–H and O–H groups in total. The van der Waals surface area contributed by atoms with Gasteiger partial charge in [-0.1, -0.05) is 41.4 Å². The molecule has 3 aromatic rings. The van der Waals surface area contributed by atoms with Crippen LogP contribution in [0.3, 0.4) is 0 Å². The van der Waals surface area contributed by atoms with Gasteiger partial charge >= 0.3 is 5.97 Å². The van der Waals surface area contributed by atoms with Crippen molar-refractivity contribution in [3.8, 4) is 0 Å². The summed E-state index contributed by atoms with van der Waals surface area (Å²) in [5, 5.41) is 4.81. The summed E-state index contributed by atoms with van der Waals surface area (Å²) in [6.07, 6.45) is 0.0621. The van der Waals surface area contributed by atoms with Crippen molar-refractivity contribution in [2.75, 3.05) is 18.5 Å². The molecule has 0 fully saturated rings. The summed E-state index contributed by atoms with van der Waals surface area (Å²) >= 11 is 16.1. The van der Waals surface area contributed by atoms with Crippen LogP contribution in [0.1, 0.15) is 67.1 Å². The third-order valence-corrected chi connectivity index (χ3v) is 6.51. The molecule has 9 heteroatoms. The second-order valence-corrected chi connectivity index (χ2v) is 10.1. The minimum atomic E-state index is -0.498. The normalized spacial score (nSPS) is 13.1. The van der Waals surface area contributed by atoms with Gasteiger partial charge in [0.15, 0.2) is 10.4 Å². The van der Waals surface area contributed by atoms with Gasteiger partial charge in [0.1, 0.15) is 0 Å². The fraction of sp³-hybridized carbons (Fsp3) is 0.385. The Hall–Kier alpha value is -2.06. The van der Waals surface area contributed by atoms with E-state index in [-0.39, 0.29) is 24.4 Å². The predicted molar refractivity (Wildman–Crippen MR) is 145 cm³/mol. The standard InChI is InChI=1S/C26H30BrCl2N3O3/c1-6-34-25(33)23-24(32(26(27)31-23)17(5)14-35-15(2)3)22(18-8-11-19(28)12-9-18)30-21-13-20(29)10-7-16(21)4/h7-13,15,17,22,30H,6,14H2,1-5H3. The minimum Gasteiger partial charge on any atom is -0.461 e. The van der Waals surface area contributed by atoms with E-state index in [0.717, 1.165) is 16.8 Å². The summed E-state index contributed by atoms with van der Waals surface area (Å²) in [4.78, 5) is 17.6. The van der Waals surface area contributed by atoms with Crippen LogP contribution in [0.5, 0.6) is 0 Å². The Balaban J connectivity index is 2.23. The van der Waals surface area contributed by atoms with E-state index in [1.807, 2.05) is 74.7 Å². The van der Waals surface area contributed by atoms with Crippen LogP contribution in [-0.2, 0) is 9.47 Å². The van der Waals surface area contributed by atoms with Gasteiger partial charge in [0, 0.05) is 15.7 Å². The zero-order chi connectivity index (χ0) is 25.7. The van der Waals surface area contributed by atoms with Gasteiger partial charge in [-0.25, -0.2) is 9.78 Å². The number of esters is 1. The number of hydrogen-bond donors (Lipinski definition) is 1. The molecular formula is C26H30BrCl2N3O3. The monoisotopic (exact) mass is 581 g/mol. The number of rotatable bonds is 10. The molecule has 0 spiro atoms. The first-order chi connectivity index (χ1) is 16.6. The largest absolute Gasteiger partial charge is 0.461 e. The molecule has 0 bridgehead atoms. The Bertz CT molecular complexity index is 1170. The van der Waals surface area contributed by atoms with Crippen molar-refractivity contribution >= 4 is 50.8 Å². The van der Waals surface area contributed by atoms with E-state index in [1.54, 1.807) is 6.92 Å². The highest BCUT2D eigenvalue weighted by atomic mass is 79.9. The molecule has 0 amide bonds. The highest BCUT2D eigenvalue weighted by Gasteiger charge is 2.32. The molecule has 2 aromatic carbocycles. The SMILES string of the molecule is CCOC(=O)c1nc(Br)n(C(C)COC(C)C)c1C(Nc1cc(Cl)ccc1C)c1ccc(Cl)cc1. The first-order valence-corrected chi connectivity index (χ1v) is 13.0. The van der Waals surface area contributed by atoms with E-state index in [0.29, 0.717) is 27.1 Å². The van der Waals surface area contributed by atoms with E-state index in [4.69, 9.17) is 32.7 Å². The van der Waals surface area contributed by atoms with Crippen molar-refractivity contribution < 1.29 is 14.3 Å².